The molecule has 2 aromatic rings. The number of carbonyl (C=O) groups excluding carboxylic acids is 1. The SMILES string of the molecule is O=C(O)c1ccc(-c2ccc([C@@H]3CC34CCN(C(=O)C3(O)CC3)CC4)cc2)c(C(F)(F)F)c1. The highest BCUT2D eigenvalue weighted by Crippen LogP contribution is 2.65. The Morgan fingerprint density at radius 3 is 2.15 bits per heavy atom. The molecule has 5 rings (SSSR count). The molecule has 0 aromatic heterocycles. The van der Waals surface area contributed by atoms with E-state index in [1.807, 2.05) is 12.1 Å². The summed E-state index contributed by atoms with van der Waals surface area (Å²) in [6.07, 6.45) is -0.889. The molecule has 8 heteroatoms. The third-order valence-corrected chi connectivity index (χ3v) is 7.55. The third kappa shape index (κ3) is 3.90. The number of nitrogens with zero attached hydrogens (tertiary/aromatic N) is 1. The summed E-state index contributed by atoms with van der Waals surface area (Å²) in [5, 5.41) is 19.1. The average Bonchev–Trinajstić information content (AvgIpc) is 3.70. The fourth-order valence-electron chi connectivity index (χ4n) is 5.21. The van der Waals surface area contributed by atoms with E-state index >= 15 is 0 Å². The minimum Gasteiger partial charge on any atom is -0.478 e. The van der Waals surface area contributed by atoms with Crippen molar-refractivity contribution in [1.82, 2.24) is 4.90 Å². The van der Waals surface area contributed by atoms with Crippen LogP contribution in [0.1, 0.15) is 59.5 Å². The van der Waals surface area contributed by atoms with Gasteiger partial charge < -0.3 is 15.1 Å². The van der Waals surface area contributed by atoms with Crippen molar-refractivity contribution in [3.05, 3.63) is 59.2 Å². The summed E-state index contributed by atoms with van der Waals surface area (Å²) in [7, 11) is 0. The lowest BCUT2D eigenvalue weighted by molar-refractivity contribution is -0.144. The van der Waals surface area contributed by atoms with Gasteiger partial charge in [0.1, 0.15) is 5.60 Å². The summed E-state index contributed by atoms with van der Waals surface area (Å²) in [5.41, 5.74) is -0.986. The number of halogens is 3. The summed E-state index contributed by atoms with van der Waals surface area (Å²) in [6.45, 7) is 1.25. The van der Waals surface area contributed by atoms with E-state index in [1.54, 1.807) is 17.0 Å². The molecular formula is C25H24F3NO4. The monoisotopic (exact) mass is 459 g/mol. The standard InChI is InChI=1S/C25H24F3NO4/c26-25(27,28)19-13-17(21(30)31)5-6-18(19)15-1-3-16(4-2-15)20-14-23(20)9-11-29(12-10-23)22(32)24(33)7-8-24/h1-6,13,20,33H,7-12,14H2,(H,30,31)/t20-/m0/s1. The summed E-state index contributed by atoms with van der Waals surface area (Å²) >= 11 is 0. The molecule has 1 saturated heterocycles. The Morgan fingerprint density at radius 2 is 1.61 bits per heavy atom. The van der Waals surface area contributed by atoms with Gasteiger partial charge in [-0.1, -0.05) is 30.3 Å². The molecule has 0 bridgehead atoms. The fourth-order valence-corrected chi connectivity index (χ4v) is 5.21. The predicted octanol–water partition coefficient (Wildman–Crippen LogP) is 4.69. The van der Waals surface area contributed by atoms with Crippen LogP contribution in [0.5, 0.6) is 0 Å². The van der Waals surface area contributed by atoms with Crippen molar-refractivity contribution in [1.29, 1.82) is 0 Å². The molecule has 1 amide bonds. The predicted molar refractivity (Wildman–Crippen MR) is 114 cm³/mol. The van der Waals surface area contributed by atoms with Crippen molar-refractivity contribution in [3.8, 4) is 11.1 Å². The number of hydrogen-bond donors (Lipinski definition) is 2. The van der Waals surface area contributed by atoms with Gasteiger partial charge in [-0.2, -0.15) is 13.2 Å². The summed E-state index contributed by atoms with van der Waals surface area (Å²) in [5.74, 6) is -1.25. The van der Waals surface area contributed by atoms with E-state index in [1.165, 1.54) is 12.1 Å². The van der Waals surface area contributed by atoms with E-state index in [0.29, 0.717) is 43.5 Å². The molecule has 1 spiro atoms. The number of aromatic carboxylic acids is 1. The van der Waals surface area contributed by atoms with Crippen LogP contribution in [-0.2, 0) is 11.0 Å². The maximum Gasteiger partial charge on any atom is 0.417 e. The second-order valence-corrected chi connectivity index (χ2v) is 9.63. The van der Waals surface area contributed by atoms with Crippen molar-refractivity contribution in [2.24, 2.45) is 5.41 Å². The van der Waals surface area contributed by atoms with Gasteiger partial charge in [-0.05, 0) is 72.3 Å². The lowest BCUT2D eigenvalue weighted by atomic mass is 9.88. The Hall–Kier alpha value is -2.87. The lowest BCUT2D eigenvalue weighted by Crippen LogP contribution is -2.45. The molecule has 0 radical (unpaired) electrons. The largest absolute Gasteiger partial charge is 0.478 e. The number of alkyl halides is 3. The van der Waals surface area contributed by atoms with Crippen LogP contribution in [0.25, 0.3) is 11.1 Å². The van der Waals surface area contributed by atoms with Crippen LogP contribution >= 0.6 is 0 Å². The molecule has 0 unspecified atom stereocenters. The van der Waals surface area contributed by atoms with Crippen LogP contribution in [0.2, 0.25) is 0 Å². The Kier molecular flexibility index (Phi) is 4.87. The van der Waals surface area contributed by atoms with Crippen molar-refractivity contribution >= 4 is 11.9 Å². The summed E-state index contributed by atoms with van der Waals surface area (Å²) < 4.78 is 40.7. The molecule has 2 aromatic carbocycles. The van der Waals surface area contributed by atoms with Gasteiger partial charge >= 0.3 is 12.1 Å². The maximum absolute atomic E-state index is 13.6. The molecule has 2 aliphatic carbocycles. The highest BCUT2D eigenvalue weighted by molar-refractivity contribution is 5.89. The number of likely N-dealkylation sites (tertiary alicyclic amines) is 1. The molecule has 2 saturated carbocycles. The summed E-state index contributed by atoms with van der Waals surface area (Å²) in [6, 6.07) is 10.1. The van der Waals surface area contributed by atoms with Gasteiger partial charge in [0, 0.05) is 13.1 Å². The molecule has 3 fully saturated rings. The zero-order valence-corrected chi connectivity index (χ0v) is 17.9. The Bertz CT molecular complexity index is 1110. The Labute approximate surface area is 188 Å². The van der Waals surface area contributed by atoms with Gasteiger partial charge in [0.15, 0.2) is 0 Å². The van der Waals surface area contributed by atoms with Crippen molar-refractivity contribution < 1.29 is 33.0 Å². The van der Waals surface area contributed by atoms with Crippen LogP contribution in [0.15, 0.2) is 42.5 Å². The number of amides is 1. The van der Waals surface area contributed by atoms with E-state index in [9.17, 15) is 27.9 Å². The van der Waals surface area contributed by atoms with Gasteiger partial charge in [-0.15, -0.1) is 0 Å². The fraction of sp³-hybridized carbons (Fsp3) is 0.440. The van der Waals surface area contributed by atoms with Crippen molar-refractivity contribution in [2.75, 3.05) is 13.1 Å². The van der Waals surface area contributed by atoms with Crippen molar-refractivity contribution in [2.45, 2.75) is 49.8 Å². The quantitative estimate of drug-likeness (QED) is 0.695. The molecule has 1 aliphatic heterocycles. The number of carboxylic acids is 1. The smallest absolute Gasteiger partial charge is 0.417 e. The second kappa shape index (κ2) is 7.32. The zero-order valence-electron chi connectivity index (χ0n) is 17.9. The van der Waals surface area contributed by atoms with Crippen LogP contribution in [-0.4, -0.2) is 45.7 Å². The van der Waals surface area contributed by atoms with E-state index in [0.717, 1.165) is 24.8 Å². The average molecular weight is 459 g/mol. The number of piperidine rings is 1. The molecule has 3 aliphatic rings. The molecule has 2 N–H and O–H groups in total. The van der Waals surface area contributed by atoms with E-state index in [2.05, 4.69) is 0 Å². The van der Waals surface area contributed by atoms with Gasteiger partial charge in [0.2, 0.25) is 0 Å². The topological polar surface area (TPSA) is 77.8 Å². The van der Waals surface area contributed by atoms with Crippen LogP contribution in [0, 0.1) is 5.41 Å². The van der Waals surface area contributed by atoms with Gasteiger partial charge in [-0.25, -0.2) is 4.79 Å². The van der Waals surface area contributed by atoms with E-state index in [-0.39, 0.29) is 16.9 Å². The highest BCUT2D eigenvalue weighted by Gasteiger charge is 2.57. The third-order valence-electron chi connectivity index (χ3n) is 7.55. The summed E-state index contributed by atoms with van der Waals surface area (Å²) in [4.78, 5) is 25.2. The maximum atomic E-state index is 13.6. The first-order chi connectivity index (χ1) is 15.5. The molecule has 1 heterocycles. The number of benzene rings is 2. The lowest BCUT2D eigenvalue weighted by Gasteiger charge is -2.34. The van der Waals surface area contributed by atoms with E-state index < -0.39 is 28.9 Å². The van der Waals surface area contributed by atoms with Crippen LogP contribution in [0.4, 0.5) is 13.2 Å². The Balaban J connectivity index is 1.31. The molecule has 174 valence electrons. The van der Waals surface area contributed by atoms with E-state index in [4.69, 9.17) is 5.11 Å². The first-order valence-corrected chi connectivity index (χ1v) is 11.1. The normalized spacial score (nSPS) is 22.8. The van der Waals surface area contributed by atoms with Crippen LogP contribution in [0.3, 0.4) is 0 Å². The molecule has 1 atom stereocenters. The Morgan fingerprint density at radius 1 is 0.970 bits per heavy atom. The van der Waals surface area contributed by atoms with Crippen molar-refractivity contribution in [3.63, 3.8) is 0 Å². The van der Waals surface area contributed by atoms with Gasteiger partial charge in [-0.3, -0.25) is 4.79 Å². The highest BCUT2D eigenvalue weighted by atomic mass is 19.4. The zero-order chi connectivity index (χ0) is 23.6. The minimum absolute atomic E-state index is 0.0469. The first kappa shape index (κ1) is 21.9. The number of carbonyl (C=O) groups is 2. The number of aliphatic hydroxyl groups is 1. The number of carboxylic acid groups (broad SMARTS) is 1. The first-order valence-electron chi connectivity index (χ1n) is 11.1. The second-order valence-electron chi connectivity index (χ2n) is 9.63. The molecule has 33 heavy (non-hydrogen) atoms. The van der Waals surface area contributed by atoms with Gasteiger partial charge in [0.05, 0.1) is 11.1 Å². The number of hydrogen-bond acceptors (Lipinski definition) is 3. The minimum atomic E-state index is -4.67. The van der Waals surface area contributed by atoms with Gasteiger partial charge in [0.25, 0.3) is 5.91 Å². The number of rotatable bonds is 4. The van der Waals surface area contributed by atoms with Crippen LogP contribution < -0.4 is 0 Å². The molecule has 5 nitrogen and oxygen atoms in total. The molecular weight excluding hydrogens is 435 g/mol.